The van der Waals surface area contributed by atoms with Crippen molar-refractivity contribution >= 4 is 95.7 Å². The van der Waals surface area contributed by atoms with Crippen LogP contribution in [0.3, 0.4) is 0 Å². The van der Waals surface area contributed by atoms with E-state index in [-0.39, 0.29) is 6.42 Å². The fraction of sp³-hybridized carbons (Fsp3) is 0.526. The fourth-order valence-electron chi connectivity index (χ4n) is 5.12. The maximum atomic E-state index is 13.3. The van der Waals surface area contributed by atoms with Crippen LogP contribution in [0.1, 0.15) is 16.8 Å². The molecule has 1 heterocycles. The van der Waals surface area contributed by atoms with Gasteiger partial charge in [-0.05, 0) is 92.2 Å². The Labute approximate surface area is 237 Å². The summed E-state index contributed by atoms with van der Waals surface area (Å²) in [6, 6.07) is 2.69. The van der Waals surface area contributed by atoms with E-state index in [1.165, 1.54) is 0 Å². The number of alkyl halides is 3. The molecule has 0 aromatic heterocycles. The molecule has 0 radical (unpaired) electrons. The van der Waals surface area contributed by atoms with Crippen LogP contribution in [0.2, 0.25) is 0 Å². The van der Waals surface area contributed by atoms with Crippen LogP contribution in [0.5, 0.6) is 0 Å². The highest BCUT2D eigenvalue weighted by molar-refractivity contribution is 14.1. The Hall–Kier alpha value is -0.480. The van der Waals surface area contributed by atoms with Gasteiger partial charge in [-0.15, -0.1) is 0 Å². The Bertz CT molecular complexity index is 1210. The second kappa shape index (κ2) is 9.68. The van der Waals surface area contributed by atoms with Crippen LogP contribution in [0.25, 0.3) is 0 Å². The van der Waals surface area contributed by atoms with Gasteiger partial charge >= 0.3 is 18.1 Å². The number of fused-ring (bicyclic) bond motifs is 1. The first-order valence-electron chi connectivity index (χ1n) is 9.96. The molecule has 1 aromatic rings. The van der Waals surface area contributed by atoms with Crippen LogP contribution in [0.15, 0.2) is 12.1 Å². The van der Waals surface area contributed by atoms with Gasteiger partial charge in [0.2, 0.25) is 6.10 Å². The normalized spacial score (nSPS) is 30.2. The topological polar surface area (TPSA) is 136 Å². The highest BCUT2D eigenvalue weighted by Crippen LogP contribution is 2.58. The fourth-order valence-corrected chi connectivity index (χ4v) is 8.16. The van der Waals surface area contributed by atoms with E-state index in [4.69, 9.17) is 9.29 Å². The lowest BCUT2D eigenvalue weighted by Crippen LogP contribution is -2.52. The van der Waals surface area contributed by atoms with E-state index in [0.717, 1.165) is 7.14 Å². The molecule has 0 spiro atoms. The predicted octanol–water partition coefficient (Wildman–Crippen LogP) is 2.77. The van der Waals surface area contributed by atoms with E-state index in [2.05, 4.69) is 55.2 Å². The molecule has 35 heavy (non-hydrogen) atoms. The lowest BCUT2D eigenvalue weighted by molar-refractivity contribution is -0.219. The quantitative estimate of drug-likeness (QED) is 0.193. The summed E-state index contributed by atoms with van der Waals surface area (Å²) in [5.41, 5.74) is 0.356. The molecule has 2 N–H and O–H groups in total. The summed E-state index contributed by atoms with van der Waals surface area (Å²) in [5, 5.41) is 2.78. The largest absolute Gasteiger partial charge is 0.460 e. The van der Waals surface area contributed by atoms with Crippen molar-refractivity contribution in [1.82, 2.24) is 5.32 Å². The first kappa shape index (κ1) is 27.6. The number of carbonyl (C=O) groups excluding carboxylic acids is 3. The molecular weight excluding hydrogens is 840 g/mol. The second-order valence-corrected chi connectivity index (χ2v) is 13.5. The predicted molar refractivity (Wildman–Crippen MR) is 137 cm³/mol. The van der Waals surface area contributed by atoms with Gasteiger partial charge in [0.25, 0.3) is 16.0 Å². The Morgan fingerprint density at radius 1 is 1.23 bits per heavy atom. The van der Waals surface area contributed by atoms with Crippen molar-refractivity contribution in [2.24, 2.45) is 23.7 Å². The minimum Gasteiger partial charge on any atom is -0.460 e. The van der Waals surface area contributed by atoms with Crippen LogP contribution in [-0.2, 0) is 29.2 Å². The van der Waals surface area contributed by atoms with Crippen molar-refractivity contribution in [2.45, 2.75) is 30.8 Å². The molecule has 7 atom stereocenters. The third-order valence-electron chi connectivity index (χ3n) is 6.41. The summed E-state index contributed by atoms with van der Waals surface area (Å²) in [4.78, 5) is 38.4. The first-order chi connectivity index (χ1) is 16.1. The number of halogens is 6. The zero-order valence-electron chi connectivity index (χ0n) is 17.1. The number of rotatable bonds is 6. The van der Waals surface area contributed by atoms with E-state index < -0.39 is 81.8 Å². The number of nitrogens with one attached hydrogen (secondary N) is 1. The SMILES string of the molecule is O=C(NC1C2CC3C1OC(=O)C3C2C(=O)OC(CS(=O)(=O)O)C(F)(F)F)c1cc(I)cc(I)c1I. The monoisotopic (exact) mass is 855 g/mol. The van der Waals surface area contributed by atoms with Crippen molar-refractivity contribution in [3.8, 4) is 0 Å². The van der Waals surface area contributed by atoms with E-state index in [1.54, 1.807) is 6.07 Å². The maximum absolute atomic E-state index is 13.3. The van der Waals surface area contributed by atoms with Crippen LogP contribution in [0, 0.1) is 34.4 Å². The summed E-state index contributed by atoms with van der Waals surface area (Å²) < 4.78 is 82.9. The lowest BCUT2D eigenvalue weighted by atomic mass is 9.77. The molecule has 2 bridgehead atoms. The first-order valence-corrected chi connectivity index (χ1v) is 14.8. The summed E-state index contributed by atoms with van der Waals surface area (Å²) in [5.74, 6) is -8.24. The molecule has 1 aliphatic heterocycles. The van der Waals surface area contributed by atoms with Crippen LogP contribution in [-0.4, -0.2) is 61.0 Å². The van der Waals surface area contributed by atoms with Crippen molar-refractivity contribution < 1.29 is 50.0 Å². The Kier molecular flexibility index (Phi) is 7.62. The van der Waals surface area contributed by atoms with E-state index in [0.29, 0.717) is 9.13 Å². The molecule has 1 amide bonds. The number of ether oxygens (including phenoxy) is 2. The molecule has 1 aromatic carbocycles. The molecule has 192 valence electrons. The van der Waals surface area contributed by atoms with Gasteiger partial charge < -0.3 is 14.8 Å². The number of hydrogen-bond acceptors (Lipinski definition) is 7. The standard InChI is InChI=1S/C19H15F3I3NO8S/c20-19(21,22)10(4-35(30,31)32)33-17(28)11-6-3-7-12(11)18(29)34-15(7)14(6)26-16(27)8-1-5(23)2-9(24)13(8)25/h1-2,6-7,10-12,14-15H,3-4H2,(H,26,27)(H,30,31,32). The van der Waals surface area contributed by atoms with Gasteiger partial charge in [0.15, 0.2) is 0 Å². The van der Waals surface area contributed by atoms with E-state index in [1.807, 2.05) is 28.7 Å². The average molecular weight is 855 g/mol. The van der Waals surface area contributed by atoms with Gasteiger partial charge in [-0.3, -0.25) is 18.9 Å². The van der Waals surface area contributed by atoms with E-state index >= 15 is 0 Å². The van der Waals surface area contributed by atoms with E-state index in [9.17, 15) is 36.0 Å². The molecule has 16 heteroatoms. The smallest absolute Gasteiger partial charge is 0.426 e. The number of amides is 1. The molecule has 9 nitrogen and oxygen atoms in total. The minimum absolute atomic E-state index is 0.238. The van der Waals surface area contributed by atoms with Crippen molar-refractivity contribution in [2.75, 3.05) is 5.75 Å². The third kappa shape index (κ3) is 5.40. The summed E-state index contributed by atoms with van der Waals surface area (Å²) in [6.45, 7) is 0. The van der Waals surface area contributed by atoms with Gasteiger partial charge in [0.1, 0.15) is 11.9 Å². The third-order valence-corrected chi connectivity index (χ3v) is 10.8. The van der Waals surface area contributed by atoms with Crippen LogP contribution >= 0.6 is 67.8 Å². The second-order valence-electron chi connectivity index (χ2n) is 8.48. The summed E-state index contributed by atoms with van der Waals surface area (Å²) in [6.07, 6.45) is -8.88. The zero-order chi connectivity index (χ0) is 26.0. The Morgan fingerprint density at radius 2 is 1.89 bits per heavy atom. The molecule has 2 aliphatic carbocycles. The molecular formula is C19H15F3I3NO8S. The highest BCUT2D eigenvalue weighted by Gasteiger charge is 2.69. The van der Waals surface area contributed by atoms with Crippen LogP contribution in [0.4, 0.5) is 13.2 Å². The average Bonchev–Trinajstić information content (AvgIpc) is 3.32. The van der Waals surface area contributed by atoms with Gasteiger partial charge in [-0.25, -0.2) is 0 Å². The van der Waals surface area contributed by atoms with Crippen molar-refractivity contribution in [3.05, 3.63) is 28.4 Å². The van der Waals surface area contributed by atoms with Gasteiger partial charge in [-0.1, -0.05) is 0 Å². The Morgan fingerprint density at radius 3 is 2.49 bits per heavy atom. The summed E-state index contributed by atoms with van der Waals surface area (Å²) >= 11 is 6.14. The molecule has 2 saturated carbocycles. The number of carbonyl (C=O) groups is 3. The van der Waals surface area contributed by atoms with Crippen molar-refractivity contribution in [1.29, 1.82) is 0 Å². The molecule has 1 saturated heterocycles. The molecule has 4 rings (SSSR count). The van der Waals surface area contributed by atoms with Gasteiger partial charge in [-0.2, -0.15) is 21.6 Å². The zero-order valence-corrected chi connectivity index (χ0v) is 24.4. The molecule has 3 fully saturated rings. The maximum Gasteiger partial charge on any atom is 0.426 e. The lowest BCUT2D eigenvalue weighted by Gasteiger charge is -2.32. The minimum atomic E-state index is -5.27. The van der Waals surface area contributed by atoms with Crippen molar-refractivity contribution in [3.63, 3.8) is 0 Å². The van der Waals surface area contributed by atoms with Gasteiger partial charge in [0, 0.05) is 16.6 Å². The van der Waals surface area contributed by atoms with Gasteiger partial charge in [0.05, 0.1) is 23.4 Å². The Balaban J connectivity index is 1.58. The number of hydrogen-bond donors (Lipinski definition) is 2. The molecule has 7 unspecified atom stereocenters. The molecule has 3 aliphatic rings. The highest BCUT2D eigenvalue weighted by atomic mass is 127. The number of esters is 2. The summed E-state index contributed by atoms with van der Waals surface area (Å²) in [7, 11) is -5.12. The van der Waals surface area contributed by atoms with Crippen LogP contribution < -0.4 is 5.32 Å². The number of benzene rings is 1.